The van der Waals surface area contributed by atoms with E-state index < -0.39 is 17.7 Å². The van der Waals surface area contributed by atoms with Crippen LogP contribution in [0.2, 0.25) is 0 Å². The molecule has 0 aliphatic heterocycles. The van der Waals surface area contributed by atoms with Gasteiger partial charge in [0, 0.05) is 35.3 Å². The number of nitrogens with one attached hydrogen (secondary N) is 3. The molecule has 0 fully saturated rings. The summed E-state index contributed by atoms with van der Waals surface area (Å²) in [5.41, 5.74) is 2.37. The van der Waals surface area contributed by atoms with Crippen LogP contribution in [0.4, 0.5) is 22.0 Å². The molecule has 4 aromatic rings. The van der Waals surface area contributed by atoms with Gasteiger partial charge in [0.25, 0.3) is 0 Å². The van der Waals surface area contributed by atoms with E-state index in [1.807, 2.05) is 30.3 Å². The molecule has 37 heavy (non-hydrogen) atoms. The normalized spacial score (nSPS) is 11.0. The van der Waals surface area contributed by atoms with Gasteiger partial charge in [0.2, 0.25) is 0 Å². The molecule has 3 aromatic carbocycles. The Bertz CT molecular complexity index is 1490. The minimum absolute atomic E-state index is 0.403. The van der Waals surface area contributed by atoms with Crippen molar-refractivity contribution in [3.05, 3.63) is 72.3 Å². The molecule has 0 atom stereocenters. The number of aromatic nitrogens is 2. The highest BCUT2D eigenvalue weighted by Crippen LogP contribution is 2.30. The summed E-state index contributed by atoms with van der Waals surface area (Å²) in [5.74, 6) is 0.999. The lowest BCUT2D eigenvalue weighted by atomic mass is 10.1. The topological polar surface area (TPSA) is 126 Å². The summed E-state index contributed by atoms with van der Waals surface area (Å²) in [5, 5.41) is 14.6. The van der Waals surface area contributed by atoms with E-state index >= 15 is 0 Å². The number of para-hydroxylation sites is 1. The zero-order valence-electron chi connectivity index (χ0n) is 21.0. The minimum atomic E-state index is -0.639. The first-order chi connectivity index (χ1) is 17.6. The van der Waals surface area contributed by atoms with Crippen LogP contribution in [0.25, 0.3) is 22.3 Å². The number of rotatable bonds is 6. The second kappa shape index (κ2) is 10.4. The minimum Gasteiger partial charge on any atom is -0.444 e. The predicted molar refractivity (Wildman–Crippen MR) is 144 cm³/mol. The highest BCUT2D eigenvalue weighted by Gasteiger charge is 2.17. The number of fused-ring (bicyclic) bond motifs is 1. The first-order valence-corrected chi connectivity index (χ1v) is 11.6. The van der Waals surface area contributed by atoms with Crippen molar-refractivity contribution in [1.82, 2.24) is 9.97 Å². The van der Waals surface area contributed by atoms with E-state index in [4.69, 9.17) is 19.9 Å². The van der Waals surface area contributed by atoms with E-state index in [1.165, 1.54) is 6.92 Å². The fourth-order valence-corrected chi connectivity index (χ4v) is 3.59. The maximum absolute atomic E-state index is 12.2. The van der Waals surface area contributed by atoms with Gasteiger partial charge in [0.1, 0.15) is 17.2 Å². The Hall–Kier alpha value is -4.79. The quantitative estimate of drug-likeness (QED) is 0.162. The number of ether oxygens (including phenoxy) is 2. The van der Waals surface area contributed by atoms with Crippen LogP contribution in [0.3, 0.4) is 0 Å². The SMILES string of the molecule is CC(=O)Oc1cccc(-c2nc(Nc3ccc(NC(=O)OC(C)(C)C)c(C=N)c3)c3ccccc3n2)c1. The Balaban J connectivity index is 1.68. The van der Waals surface area contributed by atoms with Crippen molar-refractivity contribution in [1.29, 1.82) is 5.41 Å². The van der Waals surface area contributed by atoms with Crippen molar-refractivity contribution in [3.63, 3.8) is 0 Å². The smallest absolute Gasteiger partial charge is 0.412 e. The summed E-state index contributed by atoms with van der Waals surface area (Å²) in [4.78, 5) is 33.0. The monoisotopic (exact) mass is 497 g/mol. The molecule has 4 rings (SSSR count). The van der Waals surface area contributed by atoms with Crippen molar-refractivity contribution in [2.45, 2.75) is 33.3 Å². The second-order valence-corrected chi connectivity index (χ2v) is 9.23. The van der Waals surface area contributed by atoms with Crippen LogP contribution >= 0.6 is 0 Å². The number of carbonyl (C=O) groups is 2. The third-order valence-corrected chi connectivity index (χ3v) is 5.06. The van der Waals surface area contributed by atoms with Crippen molar-refractivity contribution in [2.75, 3.05) is 10.6 Å². The molecule has 0 radical (unpaired) electrons. The number of nitrogens with zero attached hydrogens (tertiary/aromatic N) is 2. The standard InChI is InChI=1S/C28H27N5O4/c1-17(34)36-21-9-7-8-18(15-21)25-31-24-11-6-5-10-22(24)26(33-25)30-20-12-13-23(19(14-20)16-29)32-27(35)37-28(2,3)4/h5-16,29H,1-4H3,(H,32,35)(H,30,31,33). The lowest BCUT2D eigenvalue weighted by Crippen LogP contribution is -2.27. The molecule has 188 valence electrons. The highest BCUT2D eigenvalue weighted by atomic mass is 16.6. The van der Waals surface area contributed by atoms with Gasteiger partial charge in [-0.2, -0.15) is 0 Å². The van der Waals surface area contributed by atoms with Gasteiger partial charge in [-0.1, -0.05) is 24.3 Å². The average Bonchev–Trinajstić information content (AvgIpc) is 2.83. The molecule has 0 bridgehead atoms. The van der Waals surface area contributed by atoms with Crippen LogP contribution in [-0.2, 0) is 9.53 Å². The fraction of sp³-hybridized carbons (Fsp3) is 0.179. The van der Waals surface area contributed by atoms with E-state index in [2.05, 4.69) is 15.6 Å². The van der Waals surface area contributed by atoms with Gasteiger partial charge in [-0.25, -0.2) is 14.8 Å². The van der Waals surface area contributed by atoms with Gasteiger partial charge >= 0.3 is 12.1 Å². The summed E-state index contributed by atoms with van der Waals surface area (Å²) in [6.45, 7) is 6.69. The highest BCUT2D eigenvalue weighted by molar-refractivity contribution is 5.96. The van der Waals surface area contributed by atoms with Gasteiger partial charge in [-0.15, -0.1) is 0 Å². The number of anilines is 3. The Kier molecular flexibility index (Phi) is 7.15. The predicted octanol–water partition coefficient (Wildman–Crippen LogP) is 6.31. The van der Waals surface area contributed by atoms with Crippen LogP contribution < -0.4 is 15.4 Å². The van der Waals surface area contributed by atoms with E-state index in [9.17, 15) is 9.59 Å². The van der Waals surface area contributed by atoms with Crippen LogP contribution in [-0.4, -0.2) is 33.8 Å². The molecular weight excluding hydrogens is 470 g/mol. The molecular formula is C28H27N5O4. The van der Waals surface area contributed by atoms with Crippen LogP contribution in [0.5, 0.6) is 5.75 Å². The Morgan fingerprint density at radius 1 is 0.973 bits per heavy atom. The molecule has 9 heteroatoms. The zero-order chi connectivity index (χ0) is 26.6. The van der Waals surface area contributed by atoms with Crippen LogP contribution in [0, 0.1) is 5.41 Å². The molecule has 0 saturated carbocycles. The Labute approximate surface area is 214 Å². The van der Waals surface area contributed by atoms with Gasteiger partial charge in [-0.3, -0.25) is 10.1 Å². The van der Waals surface area contributed by atoms with Crippen LogP contribution in [0.15, 0.2) is 66.7 Å². The fourth-order valence-electron chi connectivity index (χ4n) is 3.59. The molecule has 0 saturated heterocycles. The molecule has 9 nitrogen and oxygen atoms in total. The maximum Gasteiger partial charge on any atom is 0.412 e. The van der Waals surface area contributed by atoms with E-state index in [-0.39, 0.29) is 0 Å². The van der Waals surface area contributed by atoms with E-state index in [1.54, 1.807) is 57.2 Å². The lowest BCUT2D eigenvalue weighted by molar-refractivity contribution is -0.131. The molecule has 0 aliphatic carbocycles. The third-order valence-electron chi connectivity index (χ3n) is 5.06. The molecule has 0 aliphatic rings. The van der Waals surface area contributed by atoms with Crippen molar-refractivity contribution in [2.24, 2.45) is 0 Å². The summed E-state index contributed by atoms with van der Waals surface area (Å²) in [6, 6.07) is 19.8. The zero-order valence-corrected chi connectivity index (χ0v) is 21.0. The number of carbonyl (C=O) groups excluding carboxylic acids is 2. The molecule has 0 unspecified atom stereocenters. The van der Waals surface area contributed by atoms with Crippen molar-refractivity contribution in [3.8, 4) is 17.1 Å². The van der Waals surface area contributed by atoms with Gasteiger partial charge in [-0.05, 0) is 63.2 Å². The first-order valence-electron chi connectivity index (χ1n) is 11.6. The number of hydrogen-bond donors (Lipinski definition) is 3. The number of hydrogen-bond acceptors (Lipinski definition) is 8. The summed E-state index contributed by atoms with van der Waals surface area (Å²) in [6.07, 6.45) is 0.556. The molecule has 3 N–H and O–H groups in total. The molecule has 0 spiro atoms. The molecule has 1 amide bonds. The maximum atomic E-state index is 12.2. The van der Waals surface area contributed by atoms with Gasteiger partial charge < -0.3 is 20.2 Å². The number of amides is 1. The average molecular weight is 498 g/mol. The van der Waals surface area contributed by atoms with Crippen molar-refractivity contribution >= 4 is 46.4 Å². The number of benzene rings is 3. The molecule has 1 aromatic heterocycles. The van der Waals surface area contributed by atoms with Crippen molar-refractivity contribution < 1.29 is 19.1 Å². The summed E-state index contributed by atoms with van der Waals surface area (Å²) in [7, 11) is 0. The van der Waals surface area contributed by atoms with Gasteiger partial charge in [0.05, 0.1) is 11.2 Å². The Morgan fingerprint density at radius 3 is 2.49 bits per heavy atom. The summed E-state index contributed by atoms with van der Waals surface area (Å²) < 4.78 is 10.5. The lowest BCUT2D eigenvalue weighted by Gasteiger charge is -2.20. The molecule has 1 heterocycles. The van der Waals surface area contributed by atoms with Gasteiger partial charge in [0.15, 0.2) is 5.82 Å². The number of esters is 1. The summed E-state index contributed by atoms with van der Waals surface area (Å²) >= 11 is 0. The second-order valence-electron chi connectivity index (χ2n) is 9.23. The van der Waals surface area contributed by atoms with E-state index in [0.29, 0.717) is 39.9 Å². The first kappa shape index (κ1) is 25.3. The Morgan fingerprint density at radius 2 is 1.76 bits per heavy atom. The third kappa shape index (κ3) is 6.46. The van der Waals surface area contributed by atoms with Crippen LogP contribution in [0.1, 0.15) is 33.3 Å². The largest absolute Gasteiger partial charge is 0.444 e. The van der Waals surface area contributed by atoms with E-state index in [0.717, 1.165) is 17.1 Å².